The molecular formula is C23H28F6N2O2. The van der Waals surface area contributed by atoms with Gasteiger partial charge in [-0.15, -0.1) is 0 Å². The Balaban J connectivity index is 1.62. The first-order valence-corrected chi connectivity index (χ1v) is 11.1. The van der Waals surface area contributed by atoms with Crippen molar-refractivity contribution in [3.05, 3.63) is 34.9 Å². The number of Topliss-reactive ketones (excluding diaryl/α,β-unsaturated/α-hetero) is 1. The van der Waals surface area contributed by atoms with Gasteiger partial charge in [0.25, 0.3) is 0 Å². The molecule has 0 aromatic heterocycles. The van der Waals surface area contributed by atoms with Crippen LogP contribution in [0.5, 0.6) is 0 Å². The van der Waals surface area contributed by atoms with Gasteiger partial charge in [-0.2, -0.15) is 26.3 Å². The van der Waals surface area contributed by atoms with E-state index < -0.39 is 41.1 Å². The second kappa shape index (κ2) is 9.64. The molecule has 1 N–H and O–H groups in total. The van der Waals surface area contributed by atoms with Crippen molar-refractivity contribution in [1.29, 1.82) is 0 Å². The van der Waals surface area contributed by atoms with E-state index in [1.54, 1.807) is 4.90 Å². The van der Waals surface area contributed by atoms with Gasteiger partial charge in [-0.3, -0.25) is 9.59 Å². The minimum atomic E-state index is -4.95. The van der Waals surface area contributed by atoms with Crippen LogP contribution in [0.15, 0.2) is 18.2 Å². The summed E-state index contributed by atoms with van der Waals surface area (Å²) in [5.74, 6) is -0.370. The lowest BCUT2D eigenvalue weighted by Crippen LogP contribution is -2.52. The van der Waals surface area contributed by atoms with E-state index in [1.807, 2.05) is 6.92 Å². The van der Waals surface area contributed by atoms with Gasteiger partial charge in [-0.05, 0) is 61.4 Å². The van der Waals surface area contributed by atoms with Crippen LogP contribution >= 0.6 is 0 Å². The van der Waals surface area contributed by atoms with E-state index in [9.17, 15) is 35.9 Å². The van der Waals surface area contributed by atoms with E-state index in [0.29, 0.717) is 38.1 Å². The number of rotatable bonds is 5. The molecule has 4 nitrogen and oxygen atoms in total. The maximum absolute atomic E-state index is 13.1. The Bertz CT molecular complexity index is 834. The number of carbonyl (C=O) groups excluding carboxylic acids is 2. The van der Waals surface area contributed by atoms with Crippen molar-refractivity contribution in [2.24, 2.45) is 5.41 Å². The third-order valence-corrected chi connectivity index (χ3v) is 6.56. The molecule has 0 spiro atoms. The SMILES string of the molecule is CC1(CC(=O)Cc2cc(C(F)(F)F)cc(C(F)(F)F)c2)CCN(C(=O)[C@@H]2CCCCN2)CC1. The fourth-order valence-electron chi connectivity index (χ4n) is 4.61. The van der Waals surface area contributed by atoms with Crippen molar-refractivity contribution in [3.8, 4) is 0 Å². The van der Waals surface area contributed by atoms with Crippen LogP contribution in [0.1, 0.15) is 62.1 Å². The molecule has 3 rings (SSSR count). The van der Waals surface area contributed by atoms with E-state index in [4.69, 9.17) is 0 Å². The van der Waals surface area contributed by atoms with Gasteiger partial charge in [0.15, 0.2) is 0 Å². The minimum absolute atomic E-state index is 0.0360. The second-order valence-corrected chi connectivity index (χ2v) is 9.44. The average molecular weight is 478 g/mol. The van der Waals surface area contributed by atoms with E-state index in [1.165, 1.54) is 0 Å². The predicted molar refractivity (Wildman–Crippen MR) is 109 cm³/mol. The maximum Gasteiger partial charge on any atom is 0.416 e. The van der Waals surface area contributed by atoms with Crippen molar-refractivity contribution < 1.29 is 35.9 Å². The van der Waals surface area contributed by atoms with Crippen LogP contribution in [0.2, 0.25) is 0 Å². The number of halogens is 6. The monoisotopic (exact) mass is 478 g/mol. The molecule has 1 aromatic rings. The molecule has 184 valence electrons. The Morgan fingerprint density at radius 1 is 1.00 bits per heavy atom. The highest BCUT2D eigenvalue weighted by Crippen LogP contribution is 2.38. The van der Waals surface area contributed by atoms with Crippen LogP contribution in [-0.2, 0) is 28.4 Å². The van der Waals surface area contributed by atoms with Crippen molar-refractivity contribution in [2.75, 3.05) is 19.6 Å². The normalized spacial score (nSPS) is 21.7. The number of nitrogens with zero attached hydrogens (tertiary/aromatic N) is 1. The van der Waals surface area contributed by atoms with E-state index >= 15 is 0 Å². The third kappa shape index (κ3) is 6.71. The first kappa shape index (κ1) is 25.5. The summed E-state index contributed by atoms with van der Waals surface area (Å²) in [7, 11) is 0. The maximum atomic E-state index is 13.1. The van der Waals surface area contributed by atoms with Crippen LogP contribution < -0.4 is 5.32 Å². The number of hydrogen-bond donors (Lipinski definition) is 1. The van der Waals surface area contributed by atoms with Crippen molar-refractivity contribution in [3.63, 3.8) is 0 Å². The van der Waals surface area contributed by atoms with Crippen LogP contribution in [0.4, 0.5) is 26.3 Å². The summed E-state index contributed by atoms with van der Waals surface area (Å²) < 4.78 is 78.3. The number of nitrogens with one attached hydrogen (secondary N) is 1. The van der Waals surface area contributed by atoms with Gasteiger partial charge in [-0.25, -0.2) is 0 Å². The predicted octanol–water partition coefficient (Wildman–Crippen LogP) is 5.00. The topological polar surface area (TPSA) is 49.4 Å². The summed E-state index contributed by atoms with van der Waals surface area (Å²) >= 11 is 0. The number of likely N-dealkylation sites (tertiary alicyclic amines) is 1. The molecule has 10 heteroatoms. The van der Waals surface area contributed by atoms with Gasteiger partial charge in [0, 0.05) is 25.9 Å². The third-order valence-electron chi connectivity index (χ3n) is 6.56. The minimum Gasteiger partial charge on any atom is -0.341 e. The molecule has 2 saturated heterocycles. The average Bonchev–Trinajstić information content (AvgIpc) is 2.72. The number of alkyl halides is 6. The van der Waals surface area contributed by atoms with Crippen LogP contribution in [0, 0.1) is 5.41 Å². The zero-order valence-corrected chi connectivity index (χ0v) is 18.4. The Hall–Kier alpha value is -2.10. The molecule has 1 atom stereocenters. The zero-order valence-electron chi connectivity index (χ0n) is 18.4. The molecule has 0 radical (unpaired) electrons. The molecule has 2 heterocycles. The highest BCUT2D eigenvalue weighted by atomic mass is 19.4. The molecule has 0 saturated carbocycles. The molecule has 0 unspecified atom stereocenters. The first-order valence-electron chi connectivity index (χ1n) is 11.1. The van der Waals surface area contributed by atoms with Gasteiger partial charge >= 0.3 is 12.4 Å². The fourth-order valence-corrected chi connectivity index (χ4v) is 4.61. The van der Waals surface area contributed by atoms with Gasteiger partial charge in [0.1, 0.15) is 5.78 Å². The van der Waals surface area contributed by atoms with Crippen LogP contribution in [0.3, 0.4) is 0 Å². The molecule has 2 aliphatic rings. The summed E-state index contributed by atoms with van der Waals surface area (Å²) in [4.78, 5) is 27.1. The molecule has 33 heavy (non-hydrogen) atoms. The Morgan fingerprint density at radius 3 is 2.06 bits per heavy atom. The van der Waals surface area contributed by atoms with Gasteiger partial charge in [0.05, 0.1) is 17.2 Å². The van der Waals surface area contributed by atoms with Crippen molar-refractivity contribution >= 4 is 11.7 Å². The standard InChI is InChI=1S/C23H28F6N2O2/c1-21(5-8-31(9-6-21)20(33)19-4-2-3-7-30-19)14-18(32)12-15-10-16(22(24,25)26)13-17(11-15)23(27,28)29/h10-11,13,19,30H,2-9,12,14H2,1H3/t19-/m0/s1. The highest BCUT2D eigenvalue weighted by Gasteiger charge is 2.38. The Morgan fingerprint density at radius 2 is 1.58 bits per heavy atom. The van der Waals surface area contributed by atoms with Gasteiger partial charge in [0.2, 0.25) is 5.91 Å². The lowest BCUT2D eigenvalue weighted by molar-refractivity contribution is -0.143. The second-order valence-electron chi connectivity index (χ2n) is 9.44. The summed E-state index contributed by atoms with van der Waals surface area (Å²) in [6.07, 6.45) is -6.43. The molecule has 0 bridgehead atoms. The summed E-state index contributed by atoms with van der Waals surface area (Å²) in [6.45, 7) is 3.63. The highest BCUT2D eigenvalue weighted by molar-refractivity contribution is 5.83. The largest absolute Gasteiger partial charge is 0.416 e. The molecule has 1 amide bonds. The zero-order chi connectivity index (χ0) is 24.4. The van der Waals surface area contributed by atoms with Crippen LogP contribution in [-0.4, -0.2) is 42.3 Å². The summed E-state index contributed by atoms with van der Waals surface area (Å²) in [5, 5.41) is 3.22. The van der Waals surface area contributed by atoms with Gasteiger partial charge < -0.3 is 10.2 Å². The fraction of sp³-hybridized carbons (Fsp3) is 0.652. The van der Waals surface area contributed by atoms with E-state index in [0.717, 1.165) is 25.8 Å². The lowest BCUT2D eigenvalue weighted by atomic mass is 9.75. The van der Waals surface area contributed by atoms with Crippen molar-refractivity contribution in [1.82, 2.24) is 10.2 Å². The molecule has 0 aliphatic carbocycles. The summed E-state index contributed by atoms with van der Waals surface area (Å²) in [5.41, 5.74) is -3.60. The van der Waals surface area contributed by atoms with Crippen LogP contribution in [0.25, 0.3) is 0 Å². The number of carbonyl (C=O) groups is 2. The van der Waals surface area contributed by atoms with E-state index in [2.05, 4.69) is 5.32 Å². The molecule has 1 aromatic carbocycles. The number of piperidine rings is 2. The quantitative estimate of drug-likeness (QED) is 0.607. The summed E-state index contributed by atoms with van der Waals surface area (Å²) in [6, 6.07) is 1.08. The number of benzene rings is 1. The number of amides is 1. The first-order chi connectivity index (χ1) is 15.3. The van der Waals surface area contributed by atoms with Gasteiger partial charge in [-0.1, -0.05) is 13.3 Å². The number of hydrogen-bond acceptors (Lipinski definition) is 3. The smallest absolute Gasteiger partial charge is 0.341 e. The lowest BCUT2D eigenvalue weighted by Gasteiger charge is -2.40. The van der Waals surface area contributed by atoms with E-state index in [-0.39, 0.29) is 30.0 Å². The van der Waals surface area contributed by atoms with Crippen molar-refractivity contribution in [2.45, 2.75) is 70.3 Å². The molecule has 2 fully saturated rings. The number of ketones is 1. The molecule has 2 aliphatic heterocycles. The Kier molecular flexibility index (Phi) is 7.45. The molecular weight excluding hydrogens is 450 g/mol. The Labute approximate surface area is 188 Å².